The molecule has 1 aliphatic rings. The van der Waals surface area contributed by atoms with Crippen LogP contribution in [-0.2, 0) is 19.1 Å². The van der Waals surface area contributed by atoms with E-state index in [9.17, 15) is 14.4 Å². The maximum atomic E-state index is 12.4. The molecule has 0 spiro atoms. The molecule has 1 aliphatic heterocycles. The summed E-state index contributed by atoms with van der Waals surface area (Å²) in [5.41, 5.74) is 5.84. The van der Waals surface area contributed by atoms with E-state index in [1.165, 1.54) is 11.8 Å². The number of amides is 2. The first kappa shape index (κ1) is 20.3. The number of carbonyl (C=O) groups is 3. The Labute approximate surface area is 157 Å². The molecular weight excluding hydrogens is 354 g/mol. The minimum Gasteiger partial charge on any atom is -0.466 e. The van der Waals surface area contributed by atoms with Crippen molar-refractivity contribution in [1.82, 2.24) is 4.90 Å². The number of ether oxygens (including phenoxy) is 1. The summed E-state index contributed by atoms with van der Waals surface area (Å²) in [6, 6.07) is 7.29. The second-order valence-corrected chi connectivity index (χ2v) is 7.14. The number of likely N-dealkylation sites (tertiary alicyclic amines) is 1. The van der Waals surface area contributed by atoms with Gasteiger partial charge in [-0.3, -0.25) is 19.3 Å². The molecule has 2 amide bonds. The number of hydrogen-bond acceptors (Lipinski definition) is 6. The van der Waals surface area contributed by atoms with Crippen molar-refractivity contribution in [1.29, 1.82) is 0 Å². The lowest BCUT2D eigenvalue weighted by atomic mass is 9.98. The second kappa shape index (κ2) is 10.2. The fourth-order valence-electron chi connectivity index (χ4n) is 2.89. The zero-order valence-corrected chi connectivity index (χ0v) is 15.7. The first-order chi connectivity index (χ1) is 12.5. The van der Waals surface area contributed by atoms with Crippen molar-refractivity contribution < 1.29 is 19.1 Å². The number of nitrogens with one attached hydrogen (secondary N) is 1. The van der Waals surface area contributed by atoms with Crippen LogP contribution in [0.4, 0.5) is 5.69 Å². The van der Waals surface area contributed by atoms with Crippen molar-refractivity contribution in [3.05, 3.63) is 24.3 Å². The first-order valence-corrected chi connectivity index (χ1v) is 9.67. The van der Waals surface area contributed by atoms with E-state index in [1.807, 2.05) is 23.1 Å². The summed E-state index contributed by atoms with van der Waals surface area (Å²) in [5.74, 6) is -0.767. The highest BCUT2D eigenvalue weighted by Gasteiger charge is 2.27. The maximum Gasteiger partial charge on any atom is 0.310 e. The summed E-state index contributed by atoms with van der Waals surface area (Å²) >= 11 is 1.29. The number of thioether (sulfide) groups is 1. The number of rotatable bonds is 8. The van der Waals surface area contributed by atoms with Gasteiger partial charge in [-0.2, -0.15) is 0 Å². The van der Waals surface area contributed by atoms with Gasteiger partial charge in [-0.1, -0.05) is 12.1 Å². The molecule has 142 valence electrons. The molecule has 0 radical (unpaired) electrons. The van der Waals surface area contributed by atoms with Crippen molar-refractivity contribution >= 4 is 35.2 Å². The van der Waals surface area contributed by atoms with Gasteiger partial charge in [0.1, 0.15) is 0 Å². The van der Waals surface area contributed by atoms with Crippen LogP contribution in [0, 0.1) is 5.92 Å². The third-order valence-electron chi connectivity index (χ3n) is 4.02. The quantitative estimate of drug-likeness (QED) is 0.524. The van der Waals surface area contributed by atoms with Crippen molar-refractivity contribution in [3.8, 4) is 0 Å². The number of carbonyl (C=O) groups excluding carboxylic acids is 3. The largest absolute Gasteiger partial charge is 0.466 e. The Morgan fingerprint density at radius 1 is 1.35 bits per heavy atom. The summed E-state index contributed by atoms with van der Waals surface area (Å²) < 4.78 is 5.09. The van der Waals surface area contributed by atoms with Crippen molar-refractivity contribution in [2.24, 2.45) is 11.7 Å². The average Bonchev–Trinajstić information content (AvgIpc) is 2.61. The van der Waals surface area contributed by atoms with E-state index in [0.29, 0.717) is 18.8 Å². The van der Waals surface area contributed by atoms with Crippen LogP contribution >= 0.6 is 11.8 Å². The van der Waals surface area contributed by atoms with E-state index in [2.05, 4.69) is 5.32 Å². The second-order valence-electron chi connectivity index (χ2n) is 6.13. The summed E-state index contributed by atoms with van der Waals surface area (Å²) in [5, 5.41) is 2.88. The monoisotopic (exact) mass is 379 g/mol. The van der Waals surface area contributed by atoms with Gasteiger partial charge in [0.25, 0.3) is 0 Å². The number of piperidine rings is 1. The fourth-order valence-corrected chi connectivity index (χ4v) is 3.64. The average molecular weight is 379 g/mol. The van der Waals surface area contributed by atoms with Gasteiger partial charge < -0.3 is 15.8 Å². The third kappa shape index (κ3) is 6.34. The van der Waals surface area contributed by atoms with Crippen molar-refractivity contribution in [3.63, 3.8) is 0 Å². The molecule has 1 aromatic rings. The Bertz CT molecular complexity index is 653. The van der Waals surface area contributed by atoms with Crippen LogP contribution in [0.25, 0.3) is 0 Å². The van der Waals surface area contributed by atoms with Crippen LogP contribution in [0.15, 0.2) is 29.2 Å². The molecule has 2 rings (SSSR count). The molecule has 1 fully saturated rings. The number of hydrogen-bond donors (Lipinski definition) is 2. The summed E-state index contributed by atoms with van der Waals surface area (Å²) in [6.45, 7) is 3.69. The van der Waals surface area contributed by atoms with Gasteiger partial charge in [-0.25, -0.2) is 0 Å². The molecule has 1 atom stereocenters. The Kier molecular flexibility index (Phi) is 7.93. The number of nitrogens with zero attached hydrogens (tertiary/aromatic N) is 1. The summed E-state index contributed by atoms with van der Waals surface area (Å²) in [4.78, 5) is 38.0. The SMILES string of the molecule is CCOC(=O)[C@@H]1CCCN(CC(=O)Nc2ccccc2SCC(N)=O)C1. The van der Waals surface area contributed by atoms with Crippen LogP contribution in [0.5, 0.6) is 0 Å². The normalized spacial score (nSPS) is 17.5. The van der Waals surface area contributed by atoms with Gasteiger partial charge in [0.05, 0.1) is 30.5 Å². The highest BCUT2D eigenvalue weighted by atomic mass is 32.2. The minimum atomic E-state index is -0.408. The van der Waals surface area contributed by atoms with Gasteiger partial charge in [0.15, 0.2) is 0 Å². The van der Waals surface area contributed by atoms with Crippen LogP contribution in [-0.4, -0.2) is 54.7 Å². The molecule has 0 aromatic heterocycles. The lowest BCUT2D eigenvalue weighted by molar-refractivity contribution is -0.150. The number of anilines is 1. The molecule has 0 aliphatic carbocycles. The van der Waals surface area contributed by atoms with E-state index in [4.69, 9.17) is 10.5 Å². The molecular formula is C18H25N3O4S. The standard InChI is InChI=1S/C18H25N3O4S/c1-2-25-18(24)13-6-5-9-21(10-13)11-17(23)20-14-7-3-4-8-15(14)26-12-16(19)22/h3-4,7-8,13H,2,5-6,9-12H2,1H3,(H2,19,22)(H,20,23)/t13-/m1/s1. The van der Waals surface area contributed by atoms with Gasteiger partial charge in [-0.05, 0) is 38.4 Å². The molecule has 1 aromatic carbocycles. The Morgan fingerprint density at radius 2 is 2.12 bits per heavy atom. The number of primary amides is 1. The molecule has 3 N–H and O–H groups in total. The van der Waals surface area contributed by atoms with Gasteiger partial charge in [0, 0.05) is 11.4 Å². The van der Waals surface area contributed by atoms with Gasteiger partial charge in [-0.15, -0.1) is 11.8 Å². The molecule has 0 saturated carbocycles. The number of benzene rings is 1. The Hall–Kier alpha value is -2.06. The smallest absolute Gasteiger partial charge is 0.310 e. The Morgan fingerprint density at radius 3 is 2.85 bits per heavy atom. The van der Waals surface area contributed by atoms with Crippen LogP contribution in [0.2, 0.25) is 0 Å². The predicted molar refractivity (Wildman–Crippen MR) is 101 cm³/mol. The van der Waals surface area contributed by atoms with Crippen LogP contribution < -0.4 is 11.1 Å². The van der Waals surface area contributed by atoms with Crippen molar-refractivity contribution in [2.45, 2.75) is 24.7 Å². The molecule has 1 heterocycles. The van der Waals surface area contributed by atoms with E-state index < -0.39 is 5.91 Å². The third-order valence-corrected chi connectivity index (χ3v) is 5.12. The maximum absolute atomic E-state index is 12.4. The predicted octanol–water partition coefficient (Wildman–Crippen LogP) is 1.48. The topological polar surface area (TPSA) is 102 Å². The molecule has 26 heavy (non-hydrogen) atoms. The number of para-hydroxylation sites is 1. The highest BCUT2D eigenvalue weighted by molar-refractivity contribution is 8.00. The number of nitrogens with two attached hydrogens (primary N) is 1. The molecule has 0 unspecified atom stereocenters. The molecule has 0 bridgehead atoms. The van der Waals surface area contributed by atoms with E-state index >= 15 is 0 Å². The van der Waals surface area contributed by atoms with Crippen molar-refractivity contribution in [2.75, 3.05) is 37.3 Å². The zero-order valence-electron chi connectivity index (χ0n) is 14.9. The van der Waals surface area contributed by atoms with Crippen LogP contribution in [0.3, 0.4) is 0 Å². The number of esters is 1. The van der Waals surface area contributed by atoms with E-state index in [0.717, 1.165) is 24.3 Å². The minimum absolute atomic E-state index is 0.151. The van der Waals surface area contributed by atoms with E-state index in [-0.39, 0.29) is 30.1 Å². The highest BCUT2D eigenvalue weighted by Crippen LogP contribution is 2.26. The van der Waals surface area contributed by atoms with E-state index in [1.54, 1.807) is 13.0 Å². The Balaban J connectivity index is 1.90. The zero-order chi connectivity index (χ0) is 18.9. The molecule has 8 heteroatoms. The lowest BCUT2D eigenvalue weighted by Gasteiger charge is -2.30. The summed E-state index contributed by atoms with van der Waals surface area (Å²) in [7, 11) is 0. The first-order valence-electron chi connectivity index (χ1n) is 8.68. The summed E-state index contributed by atoms with van der Waals surface area (Å²) in [6.07, 6.45) is 1.66. The van der Waals surface area contributed by atoms with Gasteiger partial charge >= 0.3 is 5.97 Å². The molecule has 1 saturated heterocycles. The molecule has 7 nitrogen and oxygen atoms in total. The lowest BCUT2D eigenvalue weighted by Crippen LogP contribution is -2.43. The van der Waals surface area contributed by atoms with Gasteiger partial charge in [0.2, 0.25) is 11.8 Å². The van der Waals surface area contributed by atoms with Crippen LogP contribution in [0.1, 0.15) is 19.8 Å². The fraction of sp³-hybridized carbons (Fsp3) is 0.500.